The summed E-state index contributed by atoms with van der Waals surface area (Å²) in [5.74, 6) is 0. The minimum Gasteiger partial charge on any atom is -0.370 e. The molecule has 8 heteroatoms. The molecule has 3 atom stereocenters. The Balaban J connectivity index is 1.89. The molecule has 0 aromatic carbocycles. The summed E-state index contributed by atoms with van der Waals surface area (Å²) < 4.78 is 31.5. The third kappa shape index (κ3) is 9.65. The van der Waals surface area contributed by atoms with Gasteiger partial charge in [-0.1, -0.05) is 17.2 Å². The fraction of sp³-hybridized carbons (Fsp3) is 0.857. The molecule has 36 heavy (non-hydrogen) atoms. The van der Waals surface area contributed by atoms with E-state index < -0.39 is 7.44 Å². The summed E-state index contributed by atoms with van der Waals surface area (Å²) in [6.07, 6.45) is 7.40. The van der Waals surface area contributed by atoms with Crippen molar-refractivity contribution in [3.8, 4) is 0 Å². The van der Waals surface area contributed by atoms with Crippen LogP contribution < -0.4 is 0 Å². The van der Waals surface area contributed by atoms with Gasteiger partial charge in [0.2, 0.25) is 7.44 Å². The lowest BCUT2D eigenvalue weighted by atomic mass is 10.0. The highest BCUT2D eigenvalue weighted by molar-refractivity contribution is 7.58. The number of rotatable bonds is 11. The fourth-order valence-corrected chi connectivity index (χ4v) is 6.98. The zero-order valence-electron chi connectivity index (χ0n) is 25.0. The number of morpholine rings is 1. The van der Waals surface area contributed by atoms with Crippen molar-refractivity contribution in [2.24, 2.45) is 0 Å². The second kappa shape index (κ2) is 13.5. The second-order valence-corrected chi connectivity index (χ2v) is 15.7. The lowest BCUT2D eigenvalue weighted by molar-refractivity contribution is -0.907. The lowest BCUT2D eigenvalue weighted by Gasteiger charge is -2.45. The Bertz CT molecular complexity index is 793. The zero-order valence-corrected chi connectivity index (χ0v) is 25.9. The van der Waals surface area contributed by atoms with Gasteiger partial charge in [0, 0.05) is 18.6 Å². The monoisotopic (exact) mass is 527 g/mol. The van der Waals surface area contributed by atoms with Crippen LogP contribution in [0, 0.1) is 0 Å². The summed E-state index contributed by atoms with van der Waals surface area (Å²) in [5, 5.41) is 0. The molecule has 2 aliphatic rings. The number of hydrogen-bond donors (Lipinski definition) is 0. The Morgan fingerprint density at radius 3 is 2.33 bits per heavy atom. The predicted molar refractivity (Wildman–Crippen MR) is 153 cm³/mol. The standard InChI is InChI=1S/C28H56N4O3P/c1-24(2)12-11-13-25(3)14-17-32(10)18-15-31(16-19-32)36(33,29(8)9)23-34-22-27-21-30(28(5,6)7)20-26(4)35-27/h12,14,26-27H,11,13,15-23H2,1-10H3/q+1/b25-14+. The molecule has 0 spiro atoms. The van der Waals surface area contributed by atoms with E-state index in [1.54, 1.807) is 0 Å². The van der Waals surface area contributed by atoms with Crippen molar-refractivity contribution in [3.05, 3.63) is 23.3 Å². The topological polar surface area (TPSA) is 45.3 Å². The van der Waals surface area contributed by atoms with Crippen LogP contribution in [-0.2, 0) is 14.0 Å². The van der Waals surface area contributed by atoms with Crippen LogP contribution in [-0.4, -0.2) is 116 Å². The van der Waals surface area contributed by atoms with E-state index >= 15 is 0 Å². The number of quaternary nitrogens is 1. The number of likely N-dealkylation sites (N-methyl/N-ethyl adjacent to an activating group) is 1. The van der Waals surface area contributed by atoms with E-state index in [0.717, 1.165) is 63.1 Å². The van der Waals surface area contributed by atoms with Crippen LogP contribution in [0.4, 0.5) is 0 Å². The predicted octanol–water partition coefficient (Wildman–Crippen LogP) is 5.06. The normalized spacial score (nSPS) is 26.1. The van der Waals surface area contributed by atoms with Gasteiger partial charge in [-0.05, 0) is 81.5 Å². The van der Waals surface area contributed by atoms with Crippen LogP contribution in [0.3, 0.4) is 0 Å². The molecule has 0 aromatic heterocycles. The maximum atomic E-state index is 14.1. The molecular weight excluding hydrogens is 471 g/mol. The SMILES string of the molecule is CC(C)=CCC/C(C)=C/C[N+]1(C)CCN(P(=O)(COCC2CN(C(C)(C)C)CC(C)O2)N(C)C)CC1. The quantitative estimate of drug-likeness (QED) is 0.213. The van der Waals surface area contributed by atoms with Gasteiger partial charge in [0.25, 0.3) is 0 Å². The molecule has 0 aliphatic carbocycles. The van der Waals surface area contributed by atoms with Gasteiger partial charge in [-0.25, -0.2) is 9.34 Å². The van der Waals surface area contributed by atoms with Gasteiger partial charge in [0.15, 0.2) is 0 Å². The lowest BCUT2D eigenvalue weighted by Crippen LogP contribution is -2.57. The Hall–Kier alpha value is -0.530. The highest BCUT2D eigenvalue weighted by Crippen LogP contribution is 2.52. The van der Waals surface area contributed by atoms with Crippen LogP contribution in [0.15, 0.2) is 23.3 Å². The Morgan fingerprint density at radius 2 is 1.78 bits per heavy atom. The average molecular weight is 528 g/mol. The molecule has 2 saturated heterocycles. The van der Waals surface area contributed by atoms with Crippen molar-refractivity contribution in [1.82, 2.24) is 14.2 Å². The van der Waals surface area contributed by atoms with Gasteiger partial charge < -0.3 is 14.0 Å². The van der Waals surface area contributed by atoms with Gasteiger partial charge in [-0.2, -0.15) is 0 Å². The Labute approximate surface area is 222 Å². The van der Waals surface area contributed by atoms with Crippen molar-refractivity contribution in [2.45, 2.75) is 79.1 Å². The summed E-state index contributed by atoms with van der Waals surface area (Å²) >= 11 is 0. The van der Waals surface area contributed by atoms with Crippen LogP contribution in [0.2, 0.25) is 0 Å². The van der Waals surface area contributed by atoms with Gasteiger partial charge in [0.05, 0.1) is 58.6 Å². The van der Waals surface area contributed by atoms with Crippen LogP contribution in [0.1, 0.15) is 61.3 Å². The van der Waals surface area contributed by atoms with E-state index in [4.69, 9.17) is 9.47 Å². The number of piperazine rings is 1. The summed E-state index contributed by atoms with van der Waals surface area (Å²) in [7, 11) is 3.40. The maximum absolute atomic E-state index is 14.1. The molecular formula is C28H56N4O3P+. The molecule has 0 amide bonds. The minimum atomic E-state index is -2.77. The van der Waals surface area contributed by atoms with Crippen molar-refractivity contribution < 1.29 is 18.5 Å². The van der Waals surface area contributed by atoms with Crippen LogP contribution in [0.25, 0.3) is 0 Å². The van der Waals surface area contributed by atoms with E-state index in [-0.39, 0.29) is 24.1 Å². The zero-order chi connectivity index (χ0) is 27.1. The Morgan fingerprint density at radius 1 is 1.14 bits per heavy atom. The van der Waals surface area contributed by atoms with E-state index in [0.29, 0.717) is 6.61 Å². The molecule has 3 unspecified atom stereocenters. The third-order valence-electron chi connectivity index (χ3n) is 7.67. The molecule has 7 nitrogen and oxygen atoms in total. The first kappa shape index (κ1) is 31.7. The largest absolute Gasteiger partial charge is 0.370 e. The first-order valence-electron chi connectivity index (χ1n) is 13.8. The first-order valence-corrected chi connectivity index (χ1v) is 15.6. The molecule has 2 heterocycles. The molecule has 0 bridgehead atoms. The molecule has 2 fully saturated rings. The van der Waals surface area contributed by atoms with Crippen LogP contribution in [0.5, 0.6) is 0 Å². The molecule has 0 saturated carbocycles. The smallest absolute Gasteiger partial charge is 0.241 e. The second-order valence-electron chi connectivity index (χ2n) is 12.7. The van der Waals surface area contributed by atoms with Gasteiger partial charge in [-0.3, -0.25) is 9.46 Å². The molecule has 2 aliphatic heterocycles. The van der Waals surface area contributed by atoms with Gasteiger partial charge in [-0.15, -0.1) is 0 Å². The summed E-state index contributed by atoms with van der Waals surface area (Å²) in [5.41, 5.74) is 2.96. The number of allylic oxidation sites excluding steroid dienone is 3. The number of hydrogen-bond acceptors (Lipinski definition) is 4. The number of ether oxygens (including phenoxy) is 2. The molecule has 210 valence electrons. The van der Waals surface area contributed by atoms with Crippen molar-refractivity contribution >= 4 is 7.44 Å². The molecule has 0 N–H and O–H groups in total. The maximum Gasteiger partial charge on any atom is 0.241 e. The van der Waals surface area contributed by atoms with Crippen molar-refractivity contribution in [1.29, 1.82) is 0 Å². The average Bonchev–Trinajstić information content (AvgIpc) is 2.77. The summed E-state index contributed by atoms with van der Waals surface area (Å²) in [6.45, 7) is 22.4. The van der Waals surface area contributed by atoms with Crippen molar-refractivity contribution in [2.75, 3.05) is 79.9 Å². The molecule has 2 rings (SSSR count). The third-order valence-corrected chi connectivity index (χ3v) is 10.7. The summed E-state index contributed by atoms with van der Waals surface area (Å²) in [4.78, 5) is 2.46. The van der Waals surface area contributed by atoms with E-state index in [9.17, 15) is 4.57 Å². The van der Waals surface area contributed by atoms with E-state index in [1.807, 2.05) is 18.8 Å². The Kier molecular flexibility index (Phi) is 11.9. The fourth-order valence-electron chi connectivity index (χ4n) is 4.94. The molecule has 0 radical (unpaired) electrons. The first-order chi connectivity index (χ1) is 16.6. The highest BCUT2D eigenvalue weighted by atomic mass is 31.2. The van der Waals surface area contributed by atoms with Gasteiger partial charge in [0.1, 0.15) is 6.35 Å². The highest BCUT2D eigenvalue weighted by Gasteiger charge is 2.40. The van der Waals surface area contributed by atoms with Gasteiger partial charge >= 0.3 is 0 Å². The van der Waals surface area contributed by atoms with E-state index in [1.165, 1.54) is 11.1 Å². The van der Waals surface area contributed by atoms with Crippen molar-refractivity contribution in [3.63, 3.8) is 0 Å². The van der Waals surface area contributed by atoms with Crippen LogP contribution >= 0.6 is 7.44 Å². The molecule has 0 aromatic rings. The van der Waals surface area contributed by atoms with E-state index in [2.05, 4.69) is 77.2 Å². The minimum absolute atomic E-state index is 0.0108. The summed E-state index contributed by atoms with van der Waals surface area (Å²) in [6, 6.07) is 0. The number of nitrogens with zero attached hydrogens (tertiary/aromatic N) is 4.